The molecule has 0 fully saturated rings. The van der Waals surface area contributed by atoms with Gasteiger partial charge in [0.15, 0.2) is 0 Å². The Balaban J connectivity index is 1.56. The number of hydrogen-bond donors (Lipinski definition) is 2. The lowest BCUT2D eigenvalue weighted by Crippen LogP contribution is -2.48. The van der Waals surface area contributed by atoms with Crippen LogP contribution < -0.4 is 15.4 Å². The Morgan fingerprint density at radius 3 is 2.47 bits per heavy atom. The maximum Gasteiger partial charge on any atom is 0.407 e. The molecule has 38 heavy (non-hydrogen) atoms. The summed E-state index contributed by atoms with van der Waals surface area (Å²) in [5, 5.41) is 16.2. The molecule has 0 saturated heterocycles. The Labute approximate surface area is 220 Å². The van der Waals surface area contributed by atoms with Crippen molar-refractivity contribution in [2.45, 2.75) is 38.8 Å². The fourth-order valence-corrected chi connectivity index (χ4v) is 3.99. The second-order valence-electron chi connectivity index (χ2n) is 8.80. The van der Waals surface area contributed by atoms with Crippen LogP contribution in [0.2, 0.25) is 0 Å². The van der Waals surface area contributed by atoms with E-state index in [4.69, 9.17) is 9.47 Å². The average Bonchev–Trinajstić information content (AvgIpc) is 3.42. The summed E-state index contributed by atoms with van der Waals surface area (Å²) < 4.78 is 10.4. The highest BCUT2D eigenvalue weighted by molar-refractivity contribution is 5.99. The second-order valence-corrected chi connectivity index (χ2v) is 8.80. The van der Waals surface area contributed by atoms with Gasteiger partial charge in [-0.15, -0.1) is 0 Å². The molecule has 11 nitrogen and oxygen atoms in total. The number of nitrogens with zero attached hydrogens (tertiary/aromatic N) is 2. The number of benzene rings is 2. The van der Waals surface area contributed by atoms with Crippen LogP contribution in [0.4, 0.5) is 16.2 Å². The summed E-state index contributed by atoms with van der Waals surface area (Å²) in [7, 11) is 1.57. The van der Waals surface area contributed by atoms with E-state index in [9.17, 15) is 24.5 Å². The number of nitrogens with one attached hydrogen (secondary N) is 2. The standard InChI is InChI=1S/C27H32N4O7/c1-3-4-6-20(17-28-27(34)38-18-19-8-14-23(37-2)15-9-19)26(33)30-16-5-7-24(30)25(32)29-21-10-12-22(13-11-21)31(35)36/h5,7-15,20,24H,3-4,6,16-18H2,1-2H3,(H,28,34)(H,29,32)/t20-,24+/m1/s1. The minimum atomic E-state index is -0.830. The van der Waals surface area contributed by atoms with Gasteiger partial charge in [-0.2, -0.15) is 0 Å². The van der Waals surface area contributed by atoms with Crippen LogP contribution in [0.5, 0.6) is 5.75 Å². The molecule has 0 spiro atoms. The summed E-state index contributed by atoms with van der Waals surface area (Å²) in [4.78, 5) is 50.4. The van der Waals surface area contributed by atoms with E-state index in [1.54, 1.807) is 43.5 Å². The van der Waals surface area contributed by atoms with Crippen LogP contribution in [0, 0.1) is 16.0 Å². The molecule has 0 bridgehead atoms. The number of alkyl carbamates (subject to hydrolysis) is 1. The Morgan fingerprint density at radius 2 is 1.84 bits per heavy atom. The highest BCUT2D eigenvalue weighted by Crippen LogP contribution is 2.21. The molecular formula is C27H32N4O7. The fourth-order valence-electron chi connectivity index (χ4n) is 3.99. The summed E-state index contributed by atoms with van der Waals surface area (Å²) in [6, 6.07) is 11.8. The quantitative estimate of drug-likeness (QED) is 0.243. The summed E-state index contributed by atoms with van der Waals surface area (Å²) in [6.07, 6.45) is 4.94. The van der Waals surface area contributed by atoms with Crippen LogP contribution in [0.15, 0.2) is 60.7 Å². The molecule has 0 aliphatic carbocycles. The zero-order chi connectivity index (χ0) is 27.5. The van der Waals surface area contributed by atoms with Crippen LogP contribution in [0.1, 0.15) is 31.7 Å². The Morgan fingerprint density at radius 1 is 1.13 bits per heavy atom. The summed E-state index contributed by atoms with van der Waals surface area (Å²) in [5.74, 6) is -0.505. The van der Waals surface area contributed by atoms with Gasteiger partial charge in [0.1, 0.15) is 18.4 Å². The first kappa shape index (κ1) is 28.2. The molecule has 0 unspecified atom stereocenters. The lowest BCUT2D eigenvalue weighted by Gasteiger charge is -2.28. The predicted octanol–water partition coefficient (Wildman–Crippen LogP) is 4.04. The summed E-state index contributed by atoms with van der Waals surface area (Å²) >= 11 is 0. The first-order valence-electron chi connectivity index (χ1n) is 12.4. The molecule has 3 amide bonds. The third kappa shape index (κ3) is 7.79. The SMILES string of the molecule is CCCC[C@H](CNC(=O)OCc1ccc(OC)cc1)C(=O)N1CC=C[C@H]1C(=O)Nc1ccc([N+](=O)[O-])cc1. The zero-order valence-corrected chi connectivity index (χ0v) is 21.4. The number of non-ortho nitro benzene ring substituents is 1. The minimum absolute atomic E-state index is 0.0737. The van der Waals surface area contributed by atoms with E-state index in [0.717, 1.165) is 18.4 Å². The monoisotopic (exact) mass is 524 g/mol. The van der Waals surface area contributed by atoms with Gasteiger partial charge in [0.2, 0.25) is 5.91 Å². The molecule has 2 atom stereocenters. The third-order valence-corrected chi connectivity index (χ3v) is 6.13. The molecule has 1 aliphatic rings. The molecule has 1 heterocycles. The number of amides is 3. The topological polar surface area (TPSA) is 140 Å². The van der Waals surface area contributed by atoms with Crippen molar-refractivity contribution in [2.75, 3.05) is 25.5 Å². The van der Waals surface area contributed by atoms with Gasteiger partial charge in [0.05, 0.1) is 18.0 Å². The number of methoxy groups -OCH3 is 1. The van der Waals surface area contributed by atoms with E-state index >= 15 is 0 Å². The molecule has 2 aromatic rings. The van der Waals surface area contributed by atoms with Crippen molar-refractivity contribution in [3.05, 3.63) is 76.4 Å². The Hall–Kier alpha value is -4.41. The van der Waals surface area contributed by atoms with Gasteiger partial charge < -0.3 is 25.0 Å². The molecule has 2 aromatic carbocycles. The van der Waals surface area contributed by atoms with E-state index in [2.05, 4.69) is 10.6 Å². The molecular weight excluding hydrogens is 492 g/mol. The predicted molar refractivity (Wildman–Crippen MR) is 141 cm³/mol. The number of ether oxygens (including phenoxy) is 2. The molecule has 0 aromatic heterocycles. The van der Waals surface area contributed by atoms with Crippen LogP contribution in [-0.2, 0) is 20.9 Å². The van der Waals surface area contributed by atoms with Crippen LogP contribution in [0.3, 0.4) is 0 Å². The zero-order valence-electron chi connectivity index (χ0n) is 21.4. The van der Waals surface area contributed by atoms with Gasteiger partial charge in [0, 0.05) is 30.9 Å². The molecule has 11 heteroatoms. The van der Waals surface area contributed by atoms with E-state index in [0.29, 0.717) is 17.9 Å². The first-order chi connectivity index (χ1) is 18.3. The van der Waals surface area contributed by atoms with E-state index in [1.165, 1.54) is 29.2 Å². The van der Waals surface area contributed by atoms with Gasteiger partial charge in [-0.3, -0.25) is 19.7 Å². The fraction of sp³-hybridized carbons (Fsp3) is 0.370. The first-order valence-corrected chi connectivity index (χ1v) is 12.4. The highest BCUT2D eigenvalue weighted by atomic mass is 16.6. The van der Waals surface area contributed by atoms with E-state index in [-0.39, 0.29) is 31.3 Å². The highest BCUT2D eigenvalue weighted by Gasteiger charge is 2.34. The number of carbonyl (C=O) groups excluding carboxylic acids is 3. The van der Waals surface area contributed by atoms with Crippen molar-refractivity contribution in [1.82, 2.24) is 10.2 Å². The second kappa shape index (κ2) is 13.8. The van der Waals surface area contributed by atoms with Gasteiger partial charge in [0.25, 0.3) is 11.6 Å². The summed E-state index contributed by atoms with van der Waals surface area (Å²) in [5.41, 5.74) is 1.09. The number of rotatable bonds is 12. The number of nitro groups is 1. The minimum Gasteiger partial charge on any atom is -0.497 e. The van der Waals surface area contributed by atoms with Gasteiger partial charge in [-0.05, 0) is 36.2 Å². The number of nitro benzene ring substituents is 1. The normalized spacial score (nSPS) is 15.0. The maximum absolute atomic E-state index is 13.4. The van der Waals surface area contributed by atoms with Crippen molar-refractivity contribution in [2.24, 2.45) is 5.92 Å². The van der Waals surface area contributed by atoms with Crippen LogP contribution in [0.25, 0.3) is 0 Å². The van der Waals surface area contributed by atoms with E-state index < -0.39 is 28.9 Å². The van der Waals surface area contributed by atoms with Gasteiger partial charge in [-0.25, -0.2) is 4.79 Å². The van der Waals surface area contributed by atoms with E-state index in [1.807, 2.05) is 6.92 Å². The number of unbranched alkanes of at least 4 members (excludes halogenated alkanes) is 1. The molecule has 0 radical (unpaired) electrons. The van der Waals surface area contributed by atoms with Crippen LogP contribution >= 0.6 is 0 Å². The maximum atomic E-state index is 13.4. The lowest BCUT2D eigenvalue weighted by molar-refractivity contribution is -0.384. The molecule has 3 rings (SSSR count). The van der Waals surface area contributed by atoms with Crippen LogP contribution in [-0.4, -0.2) is 54.0 Å². The number of hydrogen-bond acceptors (Lipinski definition) is 7. The van der Waals surface area contributed by atoms with Crippen molar-refractivity contribution in [3.8, 4) is 5.75 Å². The molecule has 202 valence electrons. The number of anilines is 1. The van der Waals surface area contributed by atoms with Gasteiger partial charge >= 0.3 is 6.09 Å². The third-order valence-electron chi connectivity index (χ3n) is 6.13. The Kier molecular flexibility index (Phi) is 10.2. The number of carbonyl (C=O) groups is 3. The average molecular weight is 525 g/mol. The summed E-state index contributed by atoms with van der Waals surface area (Å²) in [6.45, 7) is 2.43. The van der Waals surface area contributed by atoms with Crippen molar-refractivity contribution < 1.29 is 28.8 Å². The lowest BCUT2D eigenvalue weighted by atomic mass is 9.99. The molecule has 1 aliphatic heterocycles. The molecule has 2 N–H and O–H groups in total. The molecule has 0 saturated carbocycles. The van der Waals surface area contributed by atoms with Gasteiger partial charge in [-0.1, -0.05) is 44.1 Å². The Bertz CT molecular complexity index is 1150. The van der Waals surface area contributed by atoms with Crippen molar-refractivity contribution in [3.63, 3.8) is 0 Å². The van der Waals surface area contributed by atoms with Crippen molar-refractivity contribution >= 4 is 29.3 Å². The smallest absolute Gasteiger partial charge is 0.407 e. The largest absolute Gasteiger partial charge is 0.497 e. The van der Waals surface area contributed by atoms with Crippen molar-refractivity contribution in [1.29, 1.82) is 0 Å².